The summed E-state index contributed by atoms with van der Waals surface area (Å²) in [4.78, 5) is 19.7. The average molecular weight is 632 g/mol. The van der Waals surface area contributed by atoms with Crippen molar-refractivity contribution in [2.75, 3.05) is 13.2 Å². The molecule has 0 amide bonds. The van der Waals surface area contributed by atoms with Crippen molar-refractivity contribution in [3.05, 3.63) is 80.9 Å². The zero-order valence-electron chi connectivity index (χ0n) is 31.6. The number of nitrogens with zero attached hydrogens (tertiary/aromatic N) is 2. The Morgan fingerprint density at radius 3 is 2.30 bits per heavy atom. The van der Waals surface area contributed by atoms with Crippen LogP contribution in [0.4, 0.5) is 0 Å². The molecule has 0 spiro atoms. The third-order valence-electron chi connectivity index (χ3n) is 9.22. The van der Waals surface area contributed by atoms with Crippen LogP contribution < -0.4 is 5.32 Å². The van der Waals surface area contributed by atoms with Gasteiger partial charge < -0.3 is 15.0 Å². The topological polar surface area (TPSA) is 54.5 Å². The number of Topliss-reactive ketones (excluding diaryl/α,β-unsaturated/α-hetero) is 1. The maximum Gasteiger partial charge on any atom is 0.159 e. The first-order valence-electron chi connectivity index (χ1n) is 18.2. The summed E-state index contributed by atoms with van der Waals surface area (Å²) in [7, 11) is 0. The number of aromatic nitrogens is 1. The van der Waals surface area contributed by atoms with Crippen LogP contribution in [0.2, 0.25) is 0 Å². The van der Waals surface area contributed by atoms with Crippen molar-refractivity contribution in [1.29, 1.82) is 0 Å². The molecule has 1 aliphatic heterocycles. The van der Waals surface area contributed by atoms with Crippen LogP contribution in [0.5, 0.6) is 0 Å². The molecule has 1 N–H and O–H groups in total. The fraction of sp³-hybridized carbons (Fsp3) is 0.610. The van der Waals surface area contributed by atoms with Crippen molar-refractivity contribution < 1.29 is 9.53 Å². The number of aryl methyl sites for hydroxylation is 1. The Morgan fingerprint density at radius 1 is 1.04 bits per heavy atom. The second-order valence-electron chi connectivity index (χ2n) is 13.0. The monoisotopic (exact) mass is 632 g/mol. The van der Waals surface area contributed by atoms with Gasteiger partial charge in [0.2, 0.25) is 0 Å². The Balaban J connectivity index is 0.00000177. The van der Waals surface area contributed by atoms with Gasteiger partial charge in [0.15, 0.2) is 5.78 Å². The number of carbonyl (C=O) groups excluding carboxylic acids is 1. The number of rotatable bonds is 11. The minimum atomic E-state index is 0.0593. The third kappa shape index (κ3) is 9.96. The predicted molar refractivity (Wildman–Crippen MR) is 197 cm³/mol. The summed E-state index contributed by atoms with van der Waals surface area (Å²) < 4.78 is 6.67. The van der Waals surface area contributed by atoms with E-state index in [2.05, 4.69) is 70.8 Å². The Bertz CT molecular complexity index is 1340. The quantitative estimate of drug-likeness (QED) is 0.150. The standard InChI is InChI=1S/C37H53N3O2.2C2H6/c1-10-12-36-39-32-16-15-30(24(5)6)20-34(32)40(36)21-28-13-14-29(18-28)22-42-35(11-2)37(26(8)23(3)4)33-19-31(27(9)41)17-25(7)38-33;2*1-2/h12,17,19-20,24,28-29,39H,10-11,13-16,18,21-22H2,1-9H3;2*1-2H3/b36-12-,37-35-;;. The number of hydrogen-bond donors (Lipinski definition) is 1. The maximum absolute atomic E-state index is 12.2. The van der Waals surface area contributed by atoms with Gasteiger partial charge in [-0.05, 0) is 121 Å². The highest BCUT2D eigenvalue weighted by Crippen LogP contribution is 2.39. The molecule has 3 aliphatic rings. The zero-order chi connectivity index (χ0) is 34.6. The van der Waals surface area contributed by atoms with E-state index < -0.39 is 0 Å². The van der Waals surface area contributed by atoms with E-state index in [1.54, 1.807) is 12.5 Å². The first-order valence-corrected chi connectivity index (χ1v) is 18.2. The third-order valence-corrected chi connectivity index (χ3v) is 9.22. The van der Waals surface area contributed by atoms with E-state index in [0.29, 0.717) is 23.3 Å². The van der Waals surface area contributed by atoms with Crippen LogP contribution in [-0.4, -0.2) is 28.8 Å². The van der Waals surface area contributed by atoms with E-state index in [1.165, 1.54) is 47.6 Å². The minimum absolute atomic E-state index is 0.0593. The maximum atomic E-state index is 12.2. The molecule has 1 aromatic heterocycles. The fourth-order valence-electron chi connectivity index (χ4n) is 6.58. The zero-order valence-corrected chi connectivity index (χ0v) is 31.6. The molecule has 5 nitrogen and oxygen atoms in total. The van der Waals surface area contributed by atoms with E-state index in [9.17, 15) is 4.79 Å². The summed E-state index contributed by atoms with van der Waals surface area (Å²) in [6, 6.07) is 3.80. The number of ether oxygens (including phenoxy) is 1. The normalized spacial score (nSPS) is 20.2. The highest BCUT2D eigenvalue weighted by molar-refractivity contribution is 5.95. The highest BCUT2D eigenvalue weighted by atomic mass is 16.5. The molecule has 2 aliphatic carbocycles. The van der Waals surface area contributed by atoms with Gasteiger partial charge in [0.05, 0.1) is 18.0 Å². The van der Waals surface area contributed by atoms with Gasteiger partial charge in [0.25, 0.3) is 0 Å². The molecule has 256 valence electrons. The SMILES string of the molecule is CC.CC.CC/C=C1/NC2=C(C=C(C(C)C)CC2)N1CC1CCC(CO/C(CC)=C(/C(C)=C(C)C)c2cc(C(C)=O)cc(C)n2)C1. The smallest absolute Gasteiger partial charge is 0.159 e. The van der Waals surface area contributed by atoms with Gasteiger partial charge in [-0.1, -0.05) is 66.5 Å². The minimum Gasteiger partial charge on any atom is -0.497 e. The summed E-state index contributed by atoms with van der Waals surface area (Å²) in [6.07, 6.45) is 12.5. The number of nitrogens with one attached hydrogen (secondary N) is 1. The number of hydrogen-bond acceptors (Lipinski definition) is 5. The Labute approximate surface area is 282 Å². The summed E-state index contributed by atoms with van der Waals surface area (Å²) in [5, 5.41) is 3.76. The molecule has 4 rings (SSSR count). The average Bonchev–Trinajstić information content (AvgIpc) is 3.64. The van der Waals surface area contributed by atoms with Crippen molar-refractivity contribution >= 4 is 11.4 Å². The summed E-state index contributed by atoms with van der Waals surface area (Å²) in [6.45, 7) is 28.8. The largest absolute Gasteiger partial charge is 0.497 e. The molecule has 0 bridgehead atoms. The van der Waals surface area contributed by atoms with Crippen molar-refractivity contribution in [2.45, 2.75) is 135 Å². The highest BCUT2D eigenvalue weighted by Gasteiger charge is 2.33. The summed E-state index contributed by atoms with van der Waals surface area (Å²) >= 11 is 0. The second-order valence-corrected chi connectivity index (χ2v) is 13.0. The number of ketones is 1. The van der Waals surface area contributed by atoms with Crippen LogP contribution in [0, 0.1) is 24.7 Å². The lowest BCUT2D eigenvalue weighted by Gasteiger charge is -2.27. The summed E-state index contributed by atoms with van der Waals surface area (Å²) in [5.41, 5.74) is 10.2. The van der Waals surface area contributed by atoms with E-state index in [1.807, 2.05) is 46.8 Å². The Morgan fingerprint density at radius 2 is 1.72 bits per heavy atom. The van der Waals surface area contributed by atoms with Gasteiger partial charge in [-0.15, -0.1) is 0 Å². The lowest BCUT2D eigenvalue weighted by atomic mass is 9.92. The summed E-state index contributed by atoms with van der Waals surface area (Å²) in [5.74, 6) is 4.10. The first kappa shape index (κ1) is 39.1. The predicted octanol–water partition coefficient (Wildman–Crippen LogP) is 11.3. The van der Waals surface area contributed by atoms with E-state index >= 15 is 0 Å². The molecule has 0 radical (unpaired) electrons. The van der Waals surface area contributed by atoms with E-state index in [-0.39, 0.29) is 5.78 Å². The van der Waals surface area contributed by atoms with Gasteiger partial charge in [-0.3, -0.25) is 9.78 Å². The molecule has 0 saturated heterocycles. The first-order chi connectivity index (χ1) is 22.0. The van der Waals surface area contributed by atoms with E-state index in [0.717, 1.165) is 61.6 Å². The van der Waals surface area contributed by atoms with Crippen LogP contribution >= 0.6 is 0 Å². The number of pyridine rings is 1. The van der Waals surface area contributed by atoms with E-state index in [4.69, 9.17) is 9.72 Å². The lowest BCUT2D eigenvalue weighted by molar-refractivity contribution is 0.101. The molecule has 1 aromatic rings. The van der Waals surface area contributed by atoms with Crippen molar-refractivity contribution in [1.82, 2.24) is 15.2 Å². The van der Waals surface area contributed by atoms with Crippen LogP contribution in [0.15, 0.2) is 64.0 Å². The van der Waals surface area contributed by atoms with Crippen molar-refractivity contribution in [3.63, 3.8) is 0 Å². The molecule has 0 aromatic carbocycles. The lowest BCUT2D eigenvalue weighted by Crippen LogP contribution is -2.27. The molecule has 2 atom stereocenters. The fourth-order valence-corrected chi connectivity index (χ4v) is 6.58. The van der Waals surface area contributed by atoms with Gasteiger partial charge in [-0.25, -0.2) is 0 Å². The molecule has 1 fully saturated rings. The number of carbonyl (C=O) groups is 1. The molecular weight excluding hydrogens is 566 g/mol. The molecule has 46 heavy (non-hydrogen) atoms. The second kappa shape index (κ2) is 18.9. The van der Waals surface area contributed by atoms with Crippen LogP contribution in [0.25, 0.3) is 5.57 Å². The van der Waals surface area contributed by atoms with Crippen molar-refractivity contribution in [2.24, 2.45) is 17.8 Å². The Hall–Kier alpha value is -3.08. The molecular formula is C41H65N3O2. The van der Waals surface area contributed by atoms with Crippen molar-refractivity contribution in [3.8, 4) is 0 Å². The van der Waals surface area contributed by atoms with Crippen LogP contribution in [0.3, 0.4) is 0 Å². The van der Waals surface area contributed by atoms with Gasteiger partial charge in [0, 0.05) is 35.5 Å². The van der Waals surface area contributed by atoms with Gasteiger partial charge in [-0.2, -0.15) is 0 Å². The van der Waals surface area contributed by atoms with Crippen LogP contribution in [-0.2, 0) is 4.74 Å². The van der Waals surface area contributed by atoms with Gasteiger partial charge >= 0.3 is 0 Å². The van der Waals surface area contributed by atoms with Gasteiger partial charge in [0.1, 0.15) is 11.6 Å². The molecule has 5 heteroatoms. The molecule has 2 heterocycles. The Kier molecular flexibility index (Phi) is 16.1. The molecule has 2 unspecified atom stereocenters. The number of allylic oxidation sites excluding steroid dienone is 8. The molecule has 1 saturated carbocycles. The van der Waals surface area contributed by atoms with Crippen LogP contribution in [0.1, 0.15) is 150 Å².